The fourth-order valence-corrected chi connectivity index (χ4v) is 2.85. The number of hydrogen-bond acceptors (Lipinski definition) is 8. The predicted octanol–water partition coefficient (Wildman–Crippen LogP) is 2.52. The molecule has 0 fully saturated rings. The number of hydrogen-bond donors (Lipinski definition) is 1. The second-order valence-electron chi connectivity index (χ2n) is 7.24. The maximum atomic E-state index is 14.4. The minimum absolute atomic E-state index is 0.0872. The average molecular weight is 450 g/mol. The number of methoxy groups -OCH3 is 2. The molecule has 0 unspecified atom stereocenters. The van der Waals surface area contributed by atoms with Gasteiger partial charge in [0.2, 0.25) is 11.8 Å². The highest BCUT2D eigenvalue weighted by Crippen LogP contribution is 2.32. The van der Waals surface area contributed by atoms with Gasteiger partial charge in [0, 0.05) is 43.5 Å². The van der Waals surface area contributed by atoms with E-state index in [-0.39, 0.29) is 35.7 Å². The first-order valence-electron chi connectivity index (χ1n) is 9.82. The highest BCUT2D eigenvalue weighted by molar-refractivity contribution is 5.76. The van der Waals surface area contributed by atoms with Crippen LogP contribution < -0.4 is 19.5 Å². The van der Waals surface area contributed by atoms with Crippen LogP contribution in [0.3, 0.4) is 0 Å². The van der Waals surface area contributed by atoms with Crippen molar-refractivity contribution in [2.75, 3.05) is 20.8 Å². The van der Waals surface area contributed by atoms with Gasteiger partial charge in [-0.1, -0.05) is 0 Å². The normalized spacial score (nSPS) is 11.6. The molecule has 0 radical (unpaired) electrons. The van der Waals surface area contributed by atoms with E-state index < -0.39 is 24.9 Å². The van der Waals surface area contributed by atoms with Crippen molar-refractivity contribution in [3.8, 4) is 28.9 Å². The van der Waals surface area contributed by atoms with Gasteiger partial charge in [-0.05, 0) is 13.8 Å². The molecular weight excluding hydrogens is 426 g/mol. The molecule has 0 saturated carbocycles. The van der Waals surface area contributed by atoms with E-state index in [1.165, 1.54) is 37.2 Å². The van der Waals surface area contributed by atoms with E-state index in [0.717, 1.165) is 0 Å². The molecule has 3 aromatic heterocycles. The number of nitrogens with one attached hydrogen (secondary N) is 1. The van der Waals surface area contributed by atoms with Crippen LogP contribution in [0.1, 0.15) is 26.7 Å². The Kier molecular flexibility index (Phi) is 7.01. The second kappa shape index (κ2) is 9.71. The number of amides is 1. The Labute approximate surface area is 182 Å². The van der Waals surface area contributed by atoms with Crippen LogP contribution in [0.4, 0.5) is 8.78 Å². The molecule has 0 aliphatic heterocycles. The van der Waals surface area contributed by atoms with Crippen molar-refractivity contribution in [3.05, 3.63) is 24.7 Å². The van der Waals surface area contributed by atoms with Crippen LogP contribution in [0.2, 0.25) is 0 Å². The number of fused-ring (bicyclic) bond motifs is 1. The fourth-order valence-electron chi connectivity index (χ4n) is 2.85. The Balaban J connectivity index is 1.82. The molecule has 0 saturated heterocycles. The van der Waals surface area contributed by atoms with Crippen molar-refractivity contribution < 1.29 is 27.8 Å². The van der Waals surface area contributed by atoms with Crippen LogP contribution in [0.5, 0.6) is 17.6 Å². The van der Waals surface area contributed by atoms with E-state index in [1.54, 1.807) is 20.0 Å². The predicted molar refractivity (Wildman–Crippen MR) is 110 cm³/mol. The quantitative estimate of drug-likeness (QED) is 0.501. The van der Waals surface area contributed by atoms with Crippen molar-refractivity contribution >= 4 is 11.6 Å². The SMILES string of the molecule is COc1ncc(-c2cc(OCC(F)(F)CCC(=O)NC(C)C)c3nccn3n2)c(OC)n1. The van der Waals surface area contributed by atoms with E-state index >= 15 is 0 Å². The number of nitrogens with zero attached hydrogens (tertiary/aromatic N) is 5. The zero-order valence-corrected chi connectivity index (χ0v) is 18.1. The molecule has 3 rings (SSSR count). The summed E-state index contributed by atoms with van der Waals surface area (Å²) in [5.74, 6) is -3.38. The Morgan fingerprint density at radius 1 is 1.25 bits per heavy atom. The Morgan fingerprint density at radius 3 is 2.72 bits per heavy atom. The van der Waals surface area contributed by atoms with Gasteiger partial charge >= 0.3 is 6.01 Å². The van der Waals surface area contributed by atoms with Crippen molar-refractivity contribution in [2.24, 2.45) is 0 Å². The minimum Gasteiger partial charge on any atom is -0.483 e. The molecule has 0 atom stereocenters. The van der Waals surface area contributed by atoms with Gasteiger partial charge in [-0.15, -0.1) is 0 Å². The zero-order chi connectivity index (χ0) is 23.3. The summed E-state index contributed by atoms with van der Waals surface area (Å²) in [6.07, 6.45) is 3.51. The summed E-state index contributed by atoms with van der Waals surface area (Å²) in [6.45, 7) is 2.60. The first-order valence-corrected chi connectivity index (χ1v) is 9.82. The lowest BCUT2D eigenvalue weighted by Crippen LogP contribution is -2.33. The van der Waals surface area contributed by atoms with Crippen LogP contribution in [0.15, 0.2) is 24.7 Å². The zero-order valence-electron chi connectivity index (χ0n) is 18.1. The molecular formula is C20H24F2N6O4. The van der Waals surface area contributed by atoms with Crippen molar-refractivity contribution in [1.29, 1.82) is 0 Å². The molecule has 0 aromatic carbocycles. The summed E-state index contributed by atoms with van der Waals surface area (Å²) >= 11 is 0. The number of rotatable bonds is 10. The highest BCUT2D eigenvalue weighted by atomic mass is 19.3. The van der Waals surface area contributed by atoms with Crippen LogP contribution >= 0.6 is 0 Å². The number of imidazole rings is 1. The van der Waals surface area contributed by atoms with Crippen molar-refractivity contribution in [2.45, 2.75) is 38.7 Å². The molecule has 0 aliphatic carbocycles. The minimum atomic E-state index is -3.22. The van der Waals surface area contributed by atoms with Crippen LogP contribution in [-0.4, -0.2) is 63.3 Å². The lowest BCUT2D eigenvalue weighted by molar-refractivity contribution is -0.124. The smallest absolute Gasteiger partial charge is 0.319 e. The molecule has 0 spiro atoms. The molecule has 1 N–H and O–H groups in total. The topological polar surface area (TPSA) is 113 Å². The summed E-state index contributed by atoms with van der Waals surface area (Å²) in [5.41, 5.74) is 0.992. The third-order valence-electron chi connectivity index (χ3n) is 4.32. The number of carbonyl (C=O) groups excluding carboxylic acids is 1. The maximum Gasteiger partial charge on any atom is 0.319 e. The van der Waals surface area contributed by atoms with Gasteiger partial charge in [0.1, 0.15) is 5.69 Å². The first-order chi connectivity index (χ1) is 15.2. The standard InChI is InChI=1S/C20H24F2N6O4/c1-12(2)25-16(29)5-6-20(21,22)11-32-15-9-14(27-28-8-7-23-17(15)28)13-10-24-19(31-4)26-18(13)30-3/h7-10,12H,5-6,11H2,1-4H3,(H,25,29). The molecule has 12 heteroatoms. The Bertz CT molecular complexity index is 1090. The summed E-state index contributed by atoms with van der Waals surface area (Å²) < 4.78 is 45.8. The fraction of sp³-hybridized carbons (Fsp3) is 0.450. The molecule has 32 heavy (non-hydrogen) atoms. The summed E-state index contributed by atoms with van der Waals surface area (Å²) in [7, 11) is 2.84. The van der Waals surface area contributed by atoms with E-state index in [2.05, 4.69) is 25.4 Å². The van der Waals surface area contributed by atoms with Gasteiger partial charge < -0.3 is 19.5 Å². The number of halogens is 2. The van der Waals surface area contributed by atoms with Crippen molar-refractivity contribution in [1.82, 2.24) is 29.9 Å². The molecule has 10 nitrogen and oxygen atoms in total. The van der Waals surface area contributed by atoms with Gasteiger partial charge in [0.15, 0.2) is 18.0 Å². The third kappa shape index (κ3) is 5.56. The lowest BCUT2D eigenvalue weighted by atomic mass is 10.2. The van der Waals surface area contributed by atoms with Gasteiger partial charge in [-0.3, -0.25) is 4.79 Å². The number of aromatic nitrogens is 5. The second-order valence-corrected chi connectivity index (χ2v) is 7.24. The summed E-state index contributed by atoms with van der Waals surface area (Å²) in [5, 5.41) is 6.98. The van der Waals surface area contributed by atoms with Crippen LogP contribution in [0.25, 0.3) is 16.9 Å². The van der Waals surface area contributed by atoms with Gasteiger partial charge in [0.05, 0.1) is 19.8 Å². The van der Waals surface area contributed by atoms with Gasteiger partial charge in [-0.25, -0.2) is 23.3 Å². The molecule has 1 amide bonds. The van der Waals surface area contributed by atoms with E-state index in [4.69, 9.17) is 14.2 Å². The van der Waals surface area contributed by atoms with Crippen LogP contribution in [0, 0.1) is 0 Å². The third-order valence-corrected chi connectivity index (χ3v) is 4.32. The molecule has 0 aliphatic rings. The highest BCUT2D eigenvalue weighted by Gasteiger charge is 2.31. The van der Waals surface area contributed by atoms with Crippen molar-refractivity contribution in [3.63, 3.8) is 0 Å². The Morgan fingerprint density at radius 2 is 2.03 bits per heavy atom. The molecule has 3 heterocycles. The van der Waals surface area contributed by atoms with E-state index in [0.29, 0.717) is 11.3 Å². The number of ether oxygens (including phenoxy) is 3. The first kappa shape index (κ1) is 23.1. The average Bonchev–Trinajstić information content (AvgIpc) is 3.24. The Hall–Kier alpha value is -3.57. The van der Waals surface area contributed by atoms with Gasteiger partial charge in [-0.2, -0.15) is 10.1 Å². The largest absolute Gasteiger partial charge is 0.483 e. The van der Waals surface area contributed by atoms with Crippen LogP contribution in [-0.2, 0) is 4.79 Å². The van der Waals surface area contributed by atoms with Gasteiger partial charge in [0.25, 0.3) is 5.92 Å². The van der Waals surface area contributed by atoms with E-state index in [1.807, 2.05) is 0 Å². The molecule has 172 valence electrons. The number of alkyl halides is 2. The molecule has 0 bridgehead atoms. The number of carbonyl (C=O) groups is 1. The van der Waals surface area contributed by atoms with E-state index in [9.17, 15) is 13.6 Å². The summed E-state index contributed by atoms with van der Waals surface area (Å²) in [6, 6.07) is 1.44. The monoisotopic (exact) mass is 450 g/mol. The maximum absolute atomic E-state index is 14.4. The summed E-state index contributed by atoms with van der Waals surface area (Å²) in [4.78, 5) is 24.0. The molecule has 3 aromatic rings. The lowest BCUT2D eigenvalue weighted by Gasteiger charge is -2.18.